The molecule has 2 rings (SSSR count). The van der Waals surface area contributed by atoms with Crippen LogP contribution in [0.2, 0.25) is 0 Å². The van der Waals surface area contributed by atoms with Crippen LogP contribution in [0.25, 0.3) is 0 Å². The largest absolute Gasteiger partial charge is 0.507 e. The summed E-state index contributed by atoms with van der Waals surface area (Å²) in [6.07, 6.45) is 1.93. The van der Waals surface area contributed by atoms with Crippen molar-refractivity contribution in [3.63, 3.8) is 0 Å². The zero-order valence-corrected chi connectivity index (χ0v) is 7.00. The van der Waals surface area contributed by atoms with Gasteiger partial charge in [0.05, 0.1) is 0 Å². The Labute approximate surface area is 70.3 Å². The first-order valence-electron chi connectivity index (χ1n) is 4.12. The molecule has 1 aromatic rings. The Kier molecular flexibility index (Phi) is 1.46. The smallest absolute Gasteiger partial charge is 0.254 e. The van der Waals surface area contributed by atoms with Crippen LogP contribution in [0.1, 0.15) is 17.7 Å². The van der Waals surface area contributed by atoms with E-state index in [-0.39, 0.29) is 11.3 Å². The number of hydrogen-bond donors (Lipinski definition) is 1. The fourth-order valence-corrected chi connectivity index (χ4v) is 1.76. The quantitative estimate of drug-likeness (QED) is 0.618. The fraction of sp³-hybridized carbons (Fsp3) is 0.444. The van der Waals surface area contributed by atoms with E-state index in [1.54, 1.807) is 4.57 Å². The molecule has 1 aliphatic rings. The van der Waals surface area contributed by atoms with Crippen molar-refractivity contribution in [2.24, 2.45) is 0 Å². The molecular formula is C9H11NO2. The molecule has 64 valence electrons. The minimum atomic E-state index is -0.0781. The van der Waals surface area contributed by atoms with Gasteiger partial charge in [0, 0.05) is 23.9 Å². The highest BCUT2D eigenvalue weighted by Crippen LogP contribution is 2.22. The van der Waals surface area contributed by atoms with Crippen LogP contribution in [-0.2, 0) is 13.0 Å². The zero-order chi connectivity index (χ0) is 8.72. The van der Waals surface area contributed by atoms with Gasteiger partial charge in [-0.3, -0.25) is 4.79 Å². The summed E-state index contributed by atoms with van der Waals surface area (Å²) in [5.74, 6) is 0.133. The molecule has 0 amide bonds. The van der Waals surface area contributed by atoms with Crippen LogP contribution in [-0.4, -0.2) is 9.67 Å². The van der Waals surface area contributed by atoms with Crippen molar-refractivity contribution in [2.75, 3.05) is 0 Å². The molecule has 0 aromatic carbocycles. The average molecular weight is 165 g/mol. The van der Waals surface area contributed by atoms with Crippen LogP contribution in [0.5, 0.6) is 5.75 Å². The second-order valence-corrected chi connectivity index (χ2v) is 3.19. The molecule has 1 N–H and O–H groups in total. The molecule has 1 aromatic heterocycles. The Hall–Kier alpha value is -1.25. The van der Waals surface area contributed by atoms with Crippen molar-refractivity contribution < 1.29 is 5.11 Å². The van der Waals surface area contributed by atoms with Gasteiger partial charge < -0.3 is 9.67 Å². The van der Waals surface area contributed by atoms with Gasteiger partial charge in [-0.15, -0.1) is 0 Å². The number of hydrogen-bond acceptors (Lipinski definition) is 2. The number of aromatic nitrogens is 1. The molecule has 0 saturated carbocycles. The second-order valence-electron chi connectivity index (χ2n) is 3.19. The van der Waals surface area contributed by atoms with Crippen LogP contribution in [0.3, 0.4) is 0 Å². The van der Waals surface area contributed by atoms with E-state index in [9.17, 15) is 9.90 Å². The first-order chi connectivity index (χ1) is 5.70. The summed E-state index contributed by atoms with van der Waals surface area (Å²) in [6, 6.07) is 1.30. The first-order valence-corrected chi connectivity index (χ1v) is 4.12. The van der Waals surface area contributed by atoms with Gasteiger partial charge in [0.15, 0.2) is 0 Å². The molecule has 3 nitrogen and oxygen atoms in total. The number of aromatic hydroxyl groups is 1. The van der Waals surface area contributed by atoms with Crippen molar-refractivity contribution >= 4 is 0 Å². The van der Waals surface area contributed by atoms with Crippen molar-refractivity contribution in [1.82, 2.24) is 4.57 Å². The summed E-state index contributed by atoms with van der Waals surface area (Å²) < 4.78 is 1.75. The highest BCUT2D eigenvalue weighted by molar-refractivity contribution is 5.35. The van der Waals surface area contributed by atoms with E-state index in [1.165, 1.54) is 6.07 Å². The molecule has 0 aliphatic carbocycles. The molecule has 3 heteroatoms. The summed E-state index contributed by atoms with van der Waals surface area (Å²) in [6.45, 7) is 2.65. The second kappa shape index (κ2) is 2.37. The zero-order valence-electron chi connectivity index (χ0n) is 7.00. The lowest BCUT2D eigenvalue weighted by Gasteiger charge is -2.06. The van der Waals surface area contributed by atoms with E-state index < -0.39 is 0 Å². The van der Waals surface area contributed by atoms with E-state index >= 15 is 0 Å². The molecule has 1 aliphatic heterocycles. The number of nitrogens with zero attached hydrogens (tertiary/aromatic N) is 1. The normalized spacial score (nSPS) is 14.8. The molecule has 12 heavy (non-hydrogen) atoms. The minimum Gasteiger partial charge on any atom is -0.507 e. The Morgan fingerprint density at radius 2 is 2.33 bits per heavy atom. The minimum absolute atomic E-state index is 0.0781. The molecule has 0 atom stereocenters. The SMILES string of the molecule is Cc1c(O)cc(=O)n2c1CCC2. The maximum Gasteiger partial charge on any atom is 0.254 e. The Bertz CT molecular complexity index is 379. The molecule has 0 bridgehead atoms. The fourth-order valence-electron chi connectivity index (χ4n) is 1.76. The molecule has 0 radical (unpaired) electrons. The van der Waals surface area contributed by atoms with Crippen LogP contribution in [0.4, 0.5) is 0 Å². The van der Waals surface area contributed by atoms with Crippen LogP contribution in [0.15, 0.2) is 10.9 Å². The van der Waals surface area contributed by atoms with Gasteiger partial charge in [0.25, 0.3) is 5.56 Å². The van der Waals surface area contributed by atoms with Gasteiger partial charge in [-0.05, 0) is 19.8 Å². The van der Waals surface area contributed by atoms with E-state index in [0.717, 1.165) is 30.6 Å². The predicted octanol–water partition coefficient (Wildman–Crippen LogP) is 0.809. The monoisotopic (exact) mass is 165 g/mol. The Balaban J connectivity index is 2.78. The highest BCUT2D eigenvalue weighted by Gasteiger charge is 2.16. The van der Waals surface area contributed by atoms with E-state index in [0.29, 0.717) is 0 Å². The molecule has 0 unspecified atom stereocenters. The molecule has 0 spiro atoms. The lowest BCUT2D eigenvalue weighted by Crippen LogP contribution is -2.18. The highest BCUT2D eigenvalue weighted by atomic mass is 16.3. The summed E-state index contributed by atoms with van der Waals surface area (Å²) in [5.41, 5.74) is 1.78. The van der Waals surface area contributed by atoms with Gasteiger partial charge in [-0.2, -0.15) is 0 Å². The predicted molar refractivity (Wildman–Crippen MR) is 45.4 cm³/mol. The van der Waals surface area contributed by atoms with E-state index in [1.807, 2.05) is 6.92 Å². The van der Waals surface area contributed by atoms with E-state index in [2.05, 4.69) is 0 Å². The van der Waals surface area contributed by atoms with E-state index in [4.69, 9.17) is 0 Å². The lowest BCUT2D eigenvalue weighted by molar-refractivity contribution is 0.466. The number of pyridine rings is 1. The number of rotatable bonds is 0. The Morgan fingerprint density at radius 3 is 3.08 bits per heavy atom. The summed E-state index contributed by atoms with van der Waals surface area (Å²) >= 11 is 0. The first kappa shape index (κ1) is 7.40. The summed E-state index contributed by atoms with van der Waals surface area (Å²) in [5, 5.41) is 9.35. The van der Waals surface area contributed by atoms with Crippen molar-refractivity contribution in [1.29, 1.82) is 0 Å². The van der Waals surface area contributed by atoms with Gasteiger partial charge in [0.2, 0.25) is 0 Å². The van der Waals surface area contributed by atoms with Gasteiger partial charge in [-0.25, -0.2) is 0 Å². The Morgan fingerprint density at radius 1 is 1.58 bits per heavy atom. The molecule has 2 heterocycles. The van der Waals surface area contributed by atoms with Gasteiger partial charge >= 0.3 is 0 Å². The van der Waals surface area contributed by atoms with Crippen LogP contribution >= 0.6 is 0 Å². The van der Waals surface area contributed by atoms with Crippen molar-refractivity contribution in [2.45, 2.75) is 26.3 Å². The lowest BCUT2D eigenvalue weighted by atomic mass is 10.1. The number of fused-ring (bicyclic) bond motifs is 1. The maximum atomic E-state index is 11.3. The van der Waals surface area contributed by atoms with Crippen LogP contribution < -0.4 is 5.56 Å². The average Bonchev–Trinajstić information content (AvgIpc) is 2.48. The van der Waals surface area contributed by atoms with Gasteiger partial charge in [-0.1, -0.05) is 0 Å². The van der Waals surface area contributed by atoms with Crippen molar-refractivity contribution in [3.05, 3.63) is 27.7 Å². The topological polar surface area (TPSA) is 42.2 Å². The van der Waals surface area contributed by atoms with Gasteiger partial charge in [0.1, 0.15) is 5.75 Å². The third kappa shape index (κ3) is 0.858. The third-order valence-corrected chi connectivity index (χ3v) is 2.46. The molecular weight excluding hydrogens is 154 g/mol. The van der Waals surface area contributed by atoms with Crippen LogP contribution in [0, 0.1) is 6.92 Å². The summed E-state index contributed by atoms with van der Waals surface area (Å²) in [7, 11) is 0. The maximum absolute atomic E-state index is 11.3. The summed E-state index contributed by atoms with van der Waals surface area (Å²) in [4.78, 5) is 11.3. The third-order valence-electron chi connectivity index (χ3n) is 2.46. The molecule has 0 fully saturated rings. The standard InChI is InChI=1S/C9H11NO2/c1-6-7-3-2-4-10(7)9(12)5-8(6)11/h5,11H,2-4H2,1H3. The van der Waals surface area contributed by atoms with Crippen molar-refractivity contribution in [3.8, 4) is 5.75 Å². The molecule has 0 saturated heterocycles.